The molecule has 0 radical (unpaired) electrons. The SMILES string of the molecule is CN(CC(=O)O)c1cc2c(cc1N)CCC(=O)N2. The molecule has 1 aliphatic heterocycles. The zero-order valence-electron chi connectivity index (χ0n) is 10.1. The number of nitrogens with two attached hydrogens (primary N) is 1. The van der Waals surface area contributed by atoms with Gasteiger partial charge in [0.25, 0.3) is 0 Å². The first-order chi connectivity index (χ1) is 8.47. The van der Waals surface area contributed by atoms with Crippen LogP contribution in [0.3, 0.4) is 0 Å². The van der Waals surface area contributed by atoms with Crippen LogP contribution in [0.5, 0.6) is 0 Å². The summed E-state index contributed by atoms with van der Waals surface area (Å²) in [5.74, 6) is -0.960. The number of nitrogens with one attached hydrogen (secondary N) is 1. The van der Waals surface area contributed by atoms with Crippen LogP contribution in [0.2, 0.25) is 0 Å². The number of benzene rings is 1. The Morgan fingerprint density at radius 1 is 1.50 bits per heavy atom. The number of anilines is 3. The summed E-state index contributed by atoms with van der Waals surface area (Å²) in [6.07, 6.45) is 1.12. The van der Waals surface area contributed by atoms with Crippen molar-refractivity contribution in [3.63, 3.8) is 0 Å². The molecule has 6 heteroatoms. The first-order valence-corrected chi connectivity index (χ1v) is 5.62. The highest BCUT2D eigenvalue weighted by Gasteiger charge is 2.18. The number of aliphatic carboxylic acids is 1. The van der Waals surface area contributed by atoms with Gasteiger partial charge >= 0.3 is 5.97 Å². The first-order valence-electron chi connectivity index (χ1n) is 5.62. The molecule has 4 N–H and O–H groups in total. The van der Waals surface area contributed by atoms with E-state index >= 15 is 0 Å². The zero-order chi connectivity index (χ0) is 13.3. The van der Waals surface area contributed by atoms with Gasteiger partial charge in [0.1, 0.15) is 6.54 Å². The minimum absolute atomic E-state index is 0.0286. The number of carbonyl (C=O) groups is 2. The van der Waals surface area contributed by atoms with Crippen molar-refractivity contribution < 1.29 is 14.7 Å². The van der Waals surface area contributed by atoms with Crippen molar-refractivity contribution in [3.05, 3.63) is 17.7 Å². The van der Waals surface area contributed by atoms with E-state index in [1.807, 2.05) is 0 Å². The molecule has 1 aliphatic rings. The van der Waals surface area contributed by atoms with Crippen LogP contribution < -0.4 is 16.0 Å². The Bertz CT molecular complexity index is 514. The molecule has 0 aliphatic carbocycles. The average molecular weight is 249 g/mol. The van der Waals surface area contributed by atoms with Crippen LogP contribution in [-0.4, -0.2) is 30.6 Å². The number of carboxylic acid groups (broad SMARTS) is 1. The molecule has 96 valence electrons. The van der Waals surface area contributed by atoms with E-state index in [-0.39, 0.29) is 12.5 Å². The fraction of sp³-hybridized carbons (Fsp3) is 0.333. The van der Waals surface area contributed by atoms with E-state index in [1.54, 1.807) is 24.1 Å². The van der Waals surface area contributed by atoms with E-state index < -0.39 is 5.97 Å². The molecule has 1 amide bonds. The Balaban J connectivity index is 2.34. The molecule has 6 nitrogen and oxygen atoms in total. The van der Waals surface area contributed by atoms with E-state index in [9.17, 15) is 9.59 Å². The lowest BCUT2D eigenvalue weighted by atomic mass is 10.0. The molecule has 0 spiro atoms. The van der Waals surface area contributed by atoms with Gasteiger partial charge in [-0.15, -0.1) is 0 Å². The summed E-state index contributed by atoms with van der Waals surface area (Å²) < 4.78 is 0. The van der Waals surface area contributed by atoms with E-state index in [0.29, 0.717) is 29.9 Å². The quantitative estimate of drug-likeness (QED) is 0.684. The summed E-state index contributed by atoms with van der Waals surface area (Å²) in [6, 6.07) is 3.52. The van der Waals surface area contributed by atoms with Gasteiger partial charge in [0.15, 0.2) is 0 Å². The summed E-state index contributed by atoms with van der Waals surface area (Å²) in [6.45, 7) is -0.142. The molecule has 0 bridgehead atoms. The largest absolute Gasteiger partial charge is 0.480 e. The molecule has 18 heavy (non-hydrogen) atoms. The predicted octanol–water partition coefficient (Wildman–Crippen LogP) is 0.674. The van der Waals surface area contributed by atoms with Crippen molar-refractivity contribution in [2.75, 3.05) is 29.5 Å². The van der Waals surface area contributed by atoms with Crippen molar-refractivity contribution in [1.82, 2.24) is 0 Å². The number of rotatable bonds is 3. The highest BCUT2D eigenvalue weighted by atomic mass is 16.4. The minimum atomic E-state index is -0.932. The lowest BCUT2D eigenvalue weighted by molar-refractivity contribution is -0.135. The standard InChI is InChI=1S/C12H15N3O3/c1-15(6-12(17)18)10-5-9-7(4-8(10)13)2-3-11(16)14-9/h4-5H,2-3,6,13H2,1H3,(H,14,16)(H,17,18). The number of nitrogen functional groups attached to an aromatic ring is 1. The van der Waals surface area contributed by atoms with E-state index in [0.717, 1.165) is 5.56 Å². The van der Waals surface area contributed by atoms with Crippen LogP contribution in [0.4, 0.5) is 17.1 Å². The van der Waals surface area contributed by atoms with Gasteiger partial charge < -0.3 is 21.1 Å². The van der Waals surface area contributed by atoms with Gasteiger partial charge in [0.05, 0.1) is 11.4 Å². The van der Waals surface area contributed by atoms with E-state index in [1.165, 1.54) is 0 Å². The lowest BCUT2D eigenvalue weighted by Crippen LogP contribution is -2.27. The third-order valence-electron chi connectivity index (χ3n) is 2.93. The Labute approximate surface area is 104 Å². The number of hydrogen-bond donors (Lipinski definition) is 3. The highest BCUT2D eigenvalue weighted by molar-refractivity contribution is 5.95. The molecule has 0 saturated carbocycles. The summed E-state index contributed by atoms with van der Waals surface area (Å²) in [5, 5.41) is 11.5. The normalized spacial score (nSPS) is 13.7. The van der Waals surface area contributed by atoms with Crippen LogP contribution in [0.1, 0.15) is 12.0 Å². The number of nitrogens with zero attached hydrogens (tertiary/aromatic N) is 1. The van der Waals surface area contributed by atoms with Gasteiger partial charge in [-0.2, -0.15) is 0 Å². The van der Waals surface area contributed by atoms with E-state index in [4.69, 9.17) is 10.8 Å². The number of likely N-dealkylation sites (N-methyl/N-ethyl adjacent to an activating group) is 1. The molecule has 1 aromatic rings. The minimum Gasteiger partial charge on any atom is -0.480 e. The fourth-order valence-corrected chi connectivity index (χ4v) is 2.05. The fourth-order valence-electron chi connectivity index (χ4n) is 2.05. The number of amides is 1. The maximum absolute atomic E-state index is 11.3. The molecule has 0 atom stereocenters. The van der Waals surface area contributed by atoms with Crippen LogP contribution >= 0.6 is 0 Å². The average Bonchev–Trinajstić information content (AvgIpc) is 2.27. The molecule has 1 aromatic carbocycles. The van der Waals surface area contributed by atoms with Crippen LogP contribution in [0.15, 0.2) is 12.1 Å². The summed E-state index contributed by atoms with van der Waals surface area (Å²) in [4.78, 5) is 23.5. The summed E-state index contributed by atoms with van der Waals surface area (Å²) in [7, 11) is 1.65. The van der Waals surface area contributed by atoms with Crippen molar-refractivity contribution in [2.24, 2.45) is 0 Å². The highest BCUT2D eigenvalue weighted by Crippen LogP contribution is 2.32. The van der Waals surface area contributed by atoms with Gasteiger partial charge in [0, 0.05) is 19.2 Å². The number of carboxylic acids is 1. The smallest absolute Gasteiger partial charge is 0.323 e. The van der Waals surface area contributed by atoms with Crippen molar-refractivity contribution in [2.45, 2.75) is 12.8 Å². The molecule has 1 heterocycles. The number of aryl methyl sites for hydroxylation is 1. The van der Waals surface area contributed by atoms with Crippen molar-refractivity contribution in [1.29, 1.82) is 0 Å². The van der Waals surface area contributed by atoms with Gasteiger partial charge in [-0.3, -0.25) is 9.59 Å². The molecular weight excluding hydrogens is 234 g/mol. The topological polar surface area (TPSA) is 95.7 Å². The summed E-state index contributed by atoms with van der Waals surface area (Å²) >= 11 is 0. The van der Waals surface area contributed by atoms with Crippen LogP contribution in [-0.2, 0) is 16.0 Å². The molecule has 0 aromatic heterocycles. The van der Waals surface area contributed by atoms with Gasteiger partial charge in [-0.25, -0.2) is 0 Å². The molecule has 0 fully saturated rings. The Morgan fingerprint density at radius 2 is 2.22 bits per heavy atom. The molecule has 2 rings (SSSR count). The number of carbonyl (C=O) groups excluding carboxylic acids is 1. The van der Waals surface area contributed by atoms with Gasteiger partial charge in [-0.1, -0.05) is 0 Å². The number of hydrogen-bond acceptors (Lipinski definition) is 4. The maximum Gasteiger partial charge on any atom is 0.323 e. The second kappa shape index (κ2) is 4.56. The number of fused-ring (bicyclic) bond motifs is 1. The lowest BCUT2D eigenvalue weighted by Gasteiger charge is -2.23. The van der Waals surface area contributed by atoms with Gasteiger partial charge in [0.2, 0.25) is 5.91 Å². The predicted molar refractivity (Wildman–Crippen MR) is 68.7 cm³/mol. The Hall–Kier alpha value is -2.24. The first kappa shape index (κ1) is 12.2. The summed E-state index contributed by atoms with van der Waals surface area (Å²) in [5.41, 5.74) is 8.74. The van der Waals surface area contributed by atoms with Crippen LogP contribution in [0.25, 0.3) is 0 Å². The van der Waals surface area contributed by atoms with Gasteiger partial charge in [-0.05, 0) is 24.1 Å². The Kier molecular flexibility index (Phi) is 3.10. The third kappa shape index (κ3) is 2.37. The Morgan fingerprint density at radius 3 is 2.89 bits per heavy atom. The molecular formula is C12H15N3O3. The molecule has 0 unspecified atom stereocenters. The zero-order valence-corrected chi connectivity index (χ0v) is 10.1. The van der Waals surface area contributed by atoms with E-state index in [2.05, 4.69) is 5.32 Å². The molecule has 0 saturated heterocycles. The maximum atomic E-state index is 11.3. The van der Waals surface area contributed by atoms with Crippen molar-refractivity contribution in [3.8, 4) is 0 Å². The second-order valence-corrected chi connectivity index (χ2v) is 4.37. The van der Waals surface area contributed by atoms with Crippen LogP contribution in [0, 0.1) is 0 Å². The monoisotopic (exact) mass is 249 g/mol. The van der Waals surface area contributed by atoms with Crippen molar-refractivity contribution >= 4 is 28.9 Å². The second-order valence-electron chi connectivity index (χ2n) is 4.37. The third-order valence-corrected chi connectivity index (χ3v) is 2.93.